The Balaban J connectivity index is 2.15. The van der Waals surface area contributed by atoms with Gasteiger partial charge in [-0.15, -0.1) is 0 Å². The second-order valence-corrected chi connectivity index (χ2v) is 4.49. The van der Waals surface area contributed by atoms with Crippen molar-refractivity contribution in [3.8, 4) is 5.75 Å². The molecule has 0 spiro atoms. The fourth-order valence-electron chi connectivity index (χ4n) is 1.66. The van der Waals surface area contributed by atoms with Gasteiger partial charge in [0, 0.05) is 17.2 Å². The van der Waals surface area contributed by atoms with E-state index < -0.39 is 0 Å². The van der Waals surface area contributed by atoms with E-state index in [-0.39, 0.29) is 0 Å². The minimum absolute atomic E-state index is 0.578. The van der Waals surface area contributed by atoms with E-state index in [1.165, 1.54) is 0 Å². The summed E-state index contributed by atoms with van der Waals surface area (Å²) in [5, 5.41) is 7.87. The highest BCUT2D eigenvalue weighted by Crippen LogP contribution is 2.31. The van der Waals surface area contributed by atoms with Crippen molar-refractivity contribution in [2.24, 2.45) is 0 Å². The van der Waals surface area contributed by atoms with Gasteiger partial charge in [0.2, 0.25) is 0 Å². The number of aromatic nitrogens is 1. The summed E-state index contributed by atoms with van der Waals surface area (Å²) in [4.78, 5) is 0. The molecule has 96 valence electrons. The molecule has 5 heteroatoms. The molecular formula is C13H15ClN2O2. The lowest BCUT2D eigenvalue weighted by atomic mass is 10.2. The Morgan fingerprint density at radius 3 is 2.72 bits per heavy atom. The smallest absolute Gasteiger partial charge is 0.143 e. The van der Waals surface area contributed by atoms with Gasteiger partial charge in [-0.3, -0.25) is 0 Å². The molecule has 0 radical (unpaired) electrons. The van der Waals surface area contributed by atoms with Crippen molar-refractivity contribution >= 4 is 17.3 Å². The highest BCUT2D eigenvalue weighted by Gasteiger charge is 2.07. The summed E-state index contributed by atoms with van der Waals surface area (Å²) in [6.07, 6.45) is 0. The second-order valence-electron chi connectivity index (χ2n) is 4.08. The predicted molar refractivity (Wildman–Crippen MR) is 71.3 cm³/mol. The molecule has 0 saturated heterocycles. The van der Waals surface area contributed by atoms with Crippen LogP contribution < -0.4 is 10.1 Å². The van der Waals surface area contributed by atoms with Crippen molar-refractivity contribution in [3.63, 3.8) is 0 Å². The zero-order chi connectivity index (χ0) is 13.1. The Morgan fingerprint density at radius 1 is 1.33 bits per heavy atom. The van der Waals surface area contributed by atoms with Crippen LogP contribution in [0.2, 0.25) is 5.02 Å². The molecular weight excluding hydrogens is 252 g/mol. The summed E-state index contributed by atoms with van der Waals surface area (Å²) in [6.45, 7) is 4.39. The largest absolute Gasteiger partial charge is 0.495 e. The molecule has 2 aromatic rings. The third-order valence-corrected chi connectivity index (χ3v) is 3.02. The third kappa shape index (κ3) is 2.76. The van der Waals surface area contributed by atoms with Crippen molar-refractivity contribution in [1.29, 1.82) is 0 Å². The van der Waals surface area contributed by atoms with Gasteiger partial charge in [-0.25, -0.2) is 0 Å². The molecule has 0 unspecified atom stereocenters. The van der Waals surface area contributed by atoms with E-state index in [0.717, 1.165) is 22.7 Å². The summed E-state index contributed by atoms with van der Waals surface area (Å²) in [5.41, 5.74) is 2.73. The van der Waals surface area contributed by atoms with Crippen molar-refractivity contribution in [1.82, 2.24) is 5.16 Å². The van der Waals surface area contributed by atoms with Crippen LogP contribution in [0.25, 0.3) is 0 Å². The second kappa shape index (κ2) is 5.31. The highest BCUT2D eigenvalue weighted by atomic mass is 35.5. The number of hydrogen-bond donors (Lipinski definition) is 1. The van der Waals surface area contributed by atoms with E-state index in [2.05, 4.69) is 10.5 Å². The van der Waals surface area contributed by atoms with Crippen molar-refractivity contribution in [3.05, 3.63) is 40.2 Å². The Morgan fingerprint density at radius 2 is 2.11 bits per heavy atom. The summed E-state index contributed by atoms with van der Waals surface area (Å²) in [7, 11) is 1.62. The number of aryl methyl sites for hydroxylation is 2. The van der Waals surface area contributed by atoms with Gasteiger partial charge < -0.3 is 14.6 Å². The zero-order valence-electron chi connectivity index (χ0n) is 10.6. The van der Waals surface area contributed by atoms with Crippen LogP contribution in [0, 0.1) is 13.8 Å². The molecule has 0 aliphatic heterocycles. The molecule has 0 atom stereocenters. The SMILES string of the molecule is COc1cc(Cl)c(C)cc1NCc1cc(C)on1. The maximum atomic E-state index is 6.05. The van der Waals surface area contributed by atoms with Crippen LogP contribution in [0.15, 0.2) is 22.7 Å². The molecule has 18 heavy (non-hydrogen) atoms. The van der Waals surface area contributed by atoms with Crippen molar-refractivity contribution in [2.75, 3.05) is 12.4 Å². The number of nitrogens with zero attached hydrogens (tertiary/aromatic N) is 1. The van der Waals surface area contributed by atoms with Gasteiger partial charge in [-0.2, -0.15) is 0 Å². The summed E-state index contributed by atoms with van der Waals surface area (Å²) >= 11 is 6.05. The molecule has 0 saturated carbocycles. The molecule has 0 bridgehead atoms. The summed E-state index contributed by atoms with van der Waals surface area (Å²) < 4.78 is 10.3. The molecule has 2 rings (SSSR count). The molecule has 1 aromatic carbocycles. The monoisotopic (exact) mass is 266 g/mol. The number of rotatable bonds is 4. The minimum atomic E-state index is 0.578. The number of methoxy groups -OCH3 is 1. The molecule has 4 nitrogen and oxygen atoms in total. The van der Waals surface area contributed by atoms with Crippen molar-refractivity contribution in [2.45, 2.75) is 20.4 Å². The van der Waals surface area contributed by atoms with Gasteiger partial charge in [0.15, 0.2) is 0 Å². The van der Waals surface area contributed by atoms with Crippen LogP contribution >= 0.6 is 11.6 Å². The Labute approximate surface area is 111 Å². The molecule has 1 heterocycles. The number of hydrogen-bond acceptors (Lipinski definition) is 4. The van der Waals surface area contributed by atoms with Crippen LogP contribution in [0.5, 0.6) is 5.75 Å². The van der Waals surface area contributed by atoms with Gasteiger partial charge in [0.05, 0.1) is 19.3 Å². The molecule has 0 aliphatic carbocycles. The van der Waals surface area contributed by atoms with Gasteiger partial charge in [-0.05, 0) is 25.5 Å². The quantitative estimate of drug-likeness (QED) is 0.919. The van der Waals surface area contributed by atoms with Crippen LogP contribution in [0.3, 0.4) is 0 Å². The van der Waals surface area contributed by atoms with Crippen LogP contribution in [0.1, 0.15) is 17.0 Å². The molecule has 0 aliphatic rings. The van der Waals surface area contributed by atoms with E-state index >= 15 is 0 Å². The minimum Gasteiger partial charge on any atom is -0.495 e. The van der Waals surface area contributed by atoms with Gasteiger partial charge in [0.1, 0.15) is 17.2 Å². The lowest BCUT2D eigenvalue weighted by Gasteiger charge is -2.12. The maximum absolute atomic E-state index is 6.05. The lowest BCUT2D eigenvalue weighted by molar-refractivity contribution is 0.391. The number of anilines is 1. The number of halogens is 1. The average molecular weight is 267 g/mol. The lowest BCUT2D eigenvalue weighted by Crippen LogP contribution is -2.02. The van der Waals surface area contributed by atoms with Crippen LogP contribution in [-0.2, 0) is 6.54 Å². The van der Waals surface area contributed by atoms with Gasteiger partial charge >= 0.3 is 0 Å². The zero-order valence-corrected chi connectivity index (χ0v) is 11.3. The van der Waals surface area contributed by atoms with E-state index in [9.17, 15) is 0 Å². The van der Waals surface area contributed by atoms with Gasteiger partial charge in [-0.1, -0.05) is 16.8 Å². The van der Waals surface area contributed by atoms with Crippen LogP contribution in [-0.4, -0.2) is 12.3 Å². The normalized spacial score (nSPS) is 10.4. The Kier molecular flexibility index (Phi) is 3.77. The third-order valence-electron chi connectivity index (χ3n) is 2.62. The molecule has 0 fully saturated rings. The first-order valence-electron chi connectivity index (χ1n) is 5.60. The number of nitrogens with one attached hydrogen (secondary N) is 1. The highest BCUT2D eigenvalue weighted by molar-refractivity contribution is 6.31. The molecule has 0 amide bonds. The van der Waals surface area contributed by atoms with E-state index in [1.807, 2.05) is 26.0 Å². The van der Waals surface area contributed by atoms with E-state index in [1.54, 1.807) is 13.2 Å². The standard InChI is InChI=1S/C13H15ClN2O2/c1-8-4-12(13(17-3)6-11(8)14)15-7-10-5-9(2)18-16-10/h4-6,15H,7H2,1-3H3. The summed E-state index contributed by atoms with van der Waals surface area (Å²) in [5.74, 6) is 1.51. The predicted octanol–water partition coefficient (Wildman–Crippen LogP) is 3.57. The first kappa shape index (κ1) is 12.8. The fraction of sp³-hybridized carbons (Fsp3) is 0.308. The number of benzene rings is 1. The average Bonchev–Trinajstić information content (AvgIpc) is 2.76. The molecule has 1 aromatic heterocycles. The first-order valence-corrected chi connectivity index (χ1v) is 5.98. The van der Waals surface area contributed by atoms with E-state index in [0.29, 0.717) is 17.3 Å². The maximum Gasteiger partial charge on any atom is 0.143 e. The topological polar surface area (TPSA) is 47.3 Å². The number of ether oxygens (including phenoxy) is 1. The van der Waals surface area contributed by atoms with Gasteiger partial charge in [0.25, 0.3) is 0 Å². The van der Waals surface area contributed by atoms with Crippen molar-refractivity contribution < 1.29 is 9.26 Å². The van der Waals surface area contributed by atoms with E-state index in [4.69, 9.17) is 20.9 Å². The fourth-order valence-corrected chi connectivity index (χ4v) is 1.81. The Bertz CT molecular complexity index is 552. The molecule has 1 N–H and O–H groups in total. The Hall–Kier alpha value is -1.68. The van der Waals surface area contributed by atoms with Crippen LogP contribution in [0.4, 0.5) is 5.69 Å². The summed E-state index contributed by atoms with van der Waals surface area (Å²) in [6, 6.07) is 5.64. The first-order chi connectivity index (χ1) is 8.60.